The molecule has 1 saturated heterocycles. The molecule has 0 aliphatic carbocycles. The summed E-state index contributed by atoms with van der Waals surface area (Å²) in [5, 5.41) is 1.16. The first kappa shape index (κ1) is 23.9. The van der Waals surface area contributed by atoms with Gasteiger partial charge in [0, 0.05) is 22.0 Å². The number of morpholine rings is 1. The van der Waals surface area contributed by atoms with Crippen molar-refractivity contribution in [1.29, 1.82) is 0 Å². The summed E-state index contributed by atoms with van der Waals surface area (Å²) in [5.74, 6) is 1.03. The van der Waals surface area contributed by atoms with Crippen molar-refractivity contribution < 1.29 is 19.1 Å². The first-order valence-corrected chi connectivity index (χ1v) is 11.7. The largest absolute Gasteiger partial charge is 0.491 e. The third-order valence-corrected chi connectivity index (χ3v) is 6.94. The number of carbonyl (C=O) groups is 2. The number of ketones is 1. The second-order valence-corrected chi connectivity index (χ2v) is 9.33. The molecule has 0 aromatic heterocycles. The molecule has 1 aliphatic rings. The van der Waals surface area contributed by atoms with Crippen LogP contribution in [-0.2, 0) is 9.53 Å². The number of carbonyl (C=O) groups excluding carboxylic acids is 2. The molecule has 0 bridgehead atoms. The van der Waals surface area contributed by atoms with E-state index in [9.17, 15) is 9.59 Å². The fourth-order valence-corrected chi connectivity index (χ4v) is 4.79. The fourth-order valence-electron chi connectivity index (χ4n) is 3.33. The molecule has 0 radical (unpaired) electrons. The quantitative estimate of drug-likeness (QED) is 0.401. The lowest BCUT2D eigenvalue weighted by atomic mass is 10.1. The zero-order valence-corrected chi connectivity index (χ0v) is 20.1. The first-order chi connectivity index (χ1) is 14.7. The number of amides is 1. The summed E-state index contributed by atoms with van der Waals surface area (Å²) in [6, 6.07) is 9.00. The number of ether oxygens (including phenoxy) is 2. The highest BCUT2D eigenvalue weighted by Crippen LogP contribution is 2.32. The van der Waals surface area contributed by atoms with Gasteiger partial charge >= 0.3 is 0 Å². The van der Waals surface area contributed by atoms with E-state index in [0.29, 0.717) is 53.4 Å². The molecule has 2 aromatic rings. The number of rotatable bonds is 7. The SMILES string of the molecule is CC(=O)c1ccc(OCC2CN(C(=O)CSc3cc(C)c(Cl)cc3Cl)CCO2)cc1C. The van der Waals surface area contributed by atoms with Crippen molar-refractivity contribution in [3.05, 3.63) is 57.1 Å². The number of hydrogen-bond donors (Lipinski definition) is 0. The zero-order chi connectivity index (χ0) is 22.5. The first-order valence-electron chi connectivity index (χ1n) is 9.97. The summed E-state index contributed by atoms with van der Waals surface area (Å²) in [6.07, 6.45) is -0.211. The molecule has 1 atom stereocenters. The number of hydrogen-bond acceptors (Lipinski definition) is 5. The average molecular weight is 482 g/mol. The summed E-state index contributed by atoms with van der Waals surface area (Å²) in [5.41, 5.74) is 2.49. The minimum absolute atomic E-state index is 0.0294. The Balaban J connectivity index is 1.52. The Morgan fingerprint density at radius 2 is 1.94 bits per heavy atom. The number of nitrogens with zero attached hydrogens (tertiary/aromatic N) is 1. The van der Waals surface area contributed by atoms with Crippen molar-refractivity contribution in [2.75, 3.05) is 32.1 Å². The minimum atomic E-state index is -0.211. The maximum Gasteiger partial charge on any atom is 0.233 e. The Kier molecular flexibility index (Phi) is 8.28. The summed E-state index contributed by atoms with van der Waals surface area (Å²) in [7, 11) is 0. The van der Waals surface area contributed by atoms with E-state index in [1.807, 2.05) is 26.0 Å². The van der Waals surface area contributed by atoms with Crippen molar-refractivity contribution in [3.8, 4) is 5.75 Å². The Bertz CT molecular complexity index is 982. The van der Waals surface area contributed by atoms with E-state index in [1.54, 1.807) is 30.0 Å². The second kappa shape index (κ2) is 10.7. The van der Waals surface area contributed by atoms with Crippen LogP contribution in [0.15, 0.2) is 35.2 Å². The molecule has 8 heteroatoms. The van der Waals surface area contributed by atoms with E-state index >= 15 is 0 Å². The van der Waals surface area contributed by atoms with Gasteiger partial charge < -0.3 is 14.4 Å². The van der Waals surface area contributed by atoms with E-state index in [1.165, 1.54) is 11.8 Å². The average Bonchev–Trinajstić information content (AvgIpc) is 2.73. The topological polar surface area (TPSA) is 55.8 Å². The normalized spacial score (nSPS) is 16.3. The smallest absolute Gasteiger partial charge is 0.233 e. The summed E-state index contributed by atoms with van der Waals surface area (Å²) in [6.45, 7) is 7.16. The molecule has 0 N–H and O–H groups in total. The van der Waals surface area contributed by atoms with Gasteiger partial charge in [0.15, 0.2) is 5.78 Å². The highest BCUT2D eigenvalue weighted by molar-refractivity contribution is 8.00. The number of benzene rings is 2. The Morgan fingerprint density at radius 1 is 1.16 bits per heavy atom. The van der Waals surface area contributed by atoms with Gasteiger partial charge in [0.25, 0.3) is 0 Å². The van der Waals surface area contributed by atoms with Crippen molar-refractivity contribution in [3.63, 3.8) is 0 Å². The molecule has 1 heterocycles. The molecule has 1 fully saturated rings. The highest BCUT2D eigenvalue weighted by atomic mass is 35.5. The third-order valence-electron chi connectivity index (χ3n) is 5.07. The molecule has 3 rings (SSSR count). The number of thioether (sulfide) groups is 1. The molecular formula is C23H25Cl2NO4S. The van der Waals surface area contributed by atoms with Gasteiger partial charge in [0.1, 0.15) is 18.5 Å². The lowest BCUT2D eigenvalue weighted by Gasteiger charge is -2.33. The maximum atomic E-state index is 12.7. The molecular weight excluding hydrogens is 457 g/mol. The highest BCUT2D eigenvalue weighted by Gasteiger charge is 2.25. The van der Waals surface area contributed by atoms with Gasteiger partial charge in [0.2, 0.25) is 5.91 Å². The van der Waals surface area contributed by atoms with Crippen molar-refractivity contribution in [1.82, 2.24) is 4.90 Å². The van der Waals surface area contributed by atoms with Gasteiger partial charge in [-0.1, -0.05) is 23.2 Å². The van der Waals surface area contributed by atoms with Gasteiger partial charge in [-0.3, -0.25) is 9.59 Å². The van der Waals surface area contributed by atoms with Crippen molar-refractivity contribution in [2.24, 2.45) is 0 Å². The second-order valence-electron chi connectivity index (χ2n) is 7.50. The van der Waals surface area contributed by atoms with E-state index in [2.05, 4.69) is 0 Å². The molecule has 0 saturated carbocycles. The fraction of sp³-hybridized carbons (Fsp3) is 0.391. The van der Waals surface area contributed by atoms with Crippen molar-refractivity contribution in [2.45, 2.75) is 31.8 Å². The van der Waals surface area contributed by atoms with Gasteiger partial charge in [-0.15, -0.1) is 11.8 Å². The third kappa shape index (κ3) is 6.39. The summed E-state index contributed by atoms with van der Waals surface area (Å²) >= 11 is 13.7. The van der Waals surface area contributed by atoms with Crippen LogP contribution in [0.2, 0.25) is 10.0 Å². The predicted molar refractivity (Wildman–Crippen MR) is 125 cm³/mol. The van der Waals surface area contributed by atoms with Gasteiger partial charge in [-0.2, -0.15) is 0 Å². The Hall–Kier alpha value is -1.73. The van der Waals surface area contributed by atoms with Gasteiger partial charge in [0.05, 0.1) is 23.9 Å². The minimum Gasteiger partial charge on any atom is -0.491 e. The van der Waals surface area contributed by atoms with E-state index < -0.39 is 0 Å². The van der Waals surface area contributed by atoms with Gasteiger partial charge in [-0.05, 0) is 62.2 Å². The molecule has 1 amide bonds. The molecule has 31 heavy (non-hydrogen) atoms. The van der Waals surface area contributed by atoms with Crippen LogP contribution in [0.3, 0.4) is 0 Å². The monoisotopic (exact) mass is 481 g/mol. The van der Waals surface area contributed by atoms with E-state index in [0.717, 1.165) is 16.0 Å². The Morgan fingerprint density at radius 3 is 2.65 bits per heavy atom. The van der Waals surface area contributed by atoms with Crippen molar-refractivity contribution >= 4 is 46.7 Å². The molecule has 1 aliphatic heterocycles. The zero-order valence-electron chi connectivity index (χ0n) is 17.7. The lowest BCUT2D eigenvalue weighted by molar-refractivity contribution is -0.137. The molecule has 5 nitrogen and oxygen atoms in total. The maximum absolute atomic E-state index is 12.7. The Labute approximate surface area is 197 Å². The standard InChI is InChI=1S/C23H25Cl2NO4S/c1-14-8-17(4-5-19(14)16(3)27)30-12-18-11-26(6-7-29-18)23(28)13-31-22-9-15(2)20(24)10-21(22)25/h4-5,8-10,18H,6-7,11-13H2,1-3H3. The molecule has 166 valence electrons. The van der Waals surface area contributed by atoms with Crippen LogP contribution in [0.5, 0.6) is 5.75 Å². The number of halogens is 2. The van der Waals surface area contributed by atoms with Gasteiger partial charge in [-0.25, -0.2) is 0 Å². The van der Waals surface area contributed by atoms with E-state index in [4.69, 9.17) is 32.7 Å². The van der Waals surface area contributed by atoms with Crippen LogP contribution < -0.4 is 4.74 Å². The molecule has 1 unspecified atom stereocenters. The molecule has 2 aromatic carbocycles. The van der Waals surface area contributed by atoms with E-state index in [-0.39, 0.29) is 17.8 Å². The van der Waals surface area contributed by atoms with Crippen LogP contribution in [0.4, 0.5) is 0 Å². The van der Waals surface area contributed by atoms with Crippen LogP contribution in [0, 0.1) is 13.8 Å². The summed E-state index contributed by atoms with van der Waals surface area (Å²) in [4.78, 5) is 26.9. The predicted octanol–water partition coefficient (Wildman–Crippen LogP) is 5.21. The lowest BCUT2D eigenvalue weighted by Crippen LogP contribution is -2.48. The van der Waals surface area contributed by atoms with Crippen LogP contribution >= 0.6 is 35.0 Å². The number of Topliss-reactive ketones (excluding diaryl/α,β-unsaturated/α-hetero) is 1. The van der Waals surface area contributed by atoms with Crippen LogP contribution in [-0.4, -0.2) is 54.8 Å². The van der Waals surface area contributed by atoms with Crippen LogP contribution in [0.1, 0.15) is 28.4 Å². The molecule has 0 spiro atoms. The van der Waals surface area contributed by atoms with Crippen LogP contribution in [0.25, 0.3) is 0 Å². The summed E-state index contributed by atoms with van der Waals surface area (Å²) < 4.78 is 11.6. The number of aryl methyl sites for hydroxylation is 2.